The molecule has 96 valence electrons. The fraction of sp³-hybridized carbons (Fsp3) is 0.500. The van der Waals surface area contributed by atoms with Crippen LogP contribution in [0, 0.1) is 6.92 Å². The van der Waals surface area contributed by atoms with Gasteiger partial charge in [-0.25, -0.2) is 4.98 Å². The van der Waals surface area contributed by atoms with Crippen molar-refractivity contribution >= 4 is 39.7 Å². The average Bonchev–Trinajstić information content (AvgIpc) is 2.71. The van der Waals surface area contributed by atoms with Crippen LogP contribution in [0.25, 0.3) is 10.9 Å². The minimum absolute atomic E-state index is 0.312. The van der Waals surface area contributed by atoms with Gasteiger partial charge in [0.1, 0.15) is 5.82 Å². The molecule has 0 amide bonds. The SMILES string of the molecule is Cc1scc2nc(Cl)nc(N3CCOCC3C)c12. The van der Waals surface area contributed by atoms with Crippen LogP contribution in [0.15, 0.2) is 5.38 Å². The van der Waals surface area contributed by atoms with Crippen molar-refractivity contribution in [3.63, 3.8) is 0 Å². The molecule has 0 aliphatic carbocycles. The van der Waals surface area contributed by atoms with Crippen LogP contribution in [0.3, 0.4) is 0 Å². The molecule has 3 rings (SSSR count). The summed E-state index contributed by atoms with van der Waals surface area (Å²) in [6, 6.07) is 0.312. The van der Waals surface area contributed by atoms with E-state index in [2.05, 4.69) is 28.7 Å². The number of halogens is 1. The number of nitrogens with zero attached hydrogens (tertiary/aromatic N) is 3. The van der Waals surface area contributed by atoms with Crippen molar-refractivity contribution in [1.29, 1.82) is 0 Å². The summed E-state index contributed by atoms with van der Waals surface area (Å²) in [5.74, 6) is 0.944. The van der Waals surface area contributed by atoms with Crippen LogP contribution in [0.2, 0.25) is 5.28 Å². The second kappa shape index (κ2) is 4.64. The summed E-state index contributed by atoms with van der Waals surface area (Å²) in [7, 11) is 0. The number of ether oxygens (including phenoxy) is 1. The van der Waals surface area contributed by atoms with Crippen LogP contribution in [0.4, 0.5) is 5.82 Å². The Hall–Kier alpha value is -0.910. The molecule has 1 unspecified atom stereocenters. The lowest BCUT2D eigenvalue weighted by molar-refractivity contribution is 0.0987. The second-order valence-corrected chi connectivity index (χ2v) is 5.91. The Balaban J connectivity index is 2.17. The zero-order valence-corrected chi connectivity index (χ0v) is 11.9. The first kappa shape index (κ1) is 12.1. The zero-order valence-electron chi connectivity index (χ0n) is 10.3. The lowest BCUT2D eigenvalue weighted by Crippen LogP contribution is -2.44. The number of hydrogen-bond acceptors (Lipinski definition) is 5. The van der Waals surface area contributed by atoms with Crippen molar-refractivity contribution in [2.45, 2.75) is 19.9 Å². The van der Waals surface area contributed by atoms with E-state index in [1.807, 2.05) is 5.38 Å². The van der Waals surface area contributed by atoms with Crippen LogP contribution < -0.4 is 4.90 Å². The summed E-state index contributed by atoms with van der Waals surface area (Å²) in [6.45, 7) is 6.55. The molecule has 0 saturated carbocycles. The first-order valence-electron chi connectivity index (χ1n) is 5.92. The van der Waals surface area contributed by atoms with Crippen LogP contribution >= 0.6 is 22.9 Å². The van der Waals surface area contributed by atoms with Crippen LogP contribution in [0.1, 0.15) is 11.8 Å². The van der Waals surface area contributed by atoms with E-state index in [4.69, 9.17) is 16.3 Å². The van der Waals surface area contributed by atoms with Gasteiger partial charge in [-0.2, -0.15) is 4.98 Å². The van der Waals surface area contributed by atoms with Gasteiger partial charge in [0.2, 0.25) is 5.28 Å². The fourth-order valence-electron chi connectivity index (χ4n) is 2.31. The molecule has 0 aromatic carbocycles. The highest BCUT2D eigenvalue weighted by molar-refractivity contribution is 7.11. The van der Waals surface area contributed by atoms with Crippen molar-refractivity contribution < 1.29 is 4.74 Å². The normalized spacial score (nSPS) is 20.6. The van der Waals surface area contributed by atoms with Gasteiger partial charge in [0.15, 0.2) is 0 Å². The van der Waals surface area contributed by atoms with Gasteiger partial charge < -0.3 is 9.64 Å². The van der Waals surface area contributed by atoms with E-state index in [1.54, 1.807) is 11.3 Å². The van der Waals surface area contributed by atoms with Crippen LogP contribution in [-0.4, -0.2) is 35.8 Å². The van der Waals surface area contributed by atoms with Crippen LogP contribution in [0.5, 0.6) is 0 Å². The van der Waals surface area contributed by atoms with Gasteiger partial charge in [0.05, 0.1) is 30.2 Å². The third-order valence-electron chi connectivity index (χ3n) is 3.23. The third-order valence-corrected chi connectivity index (χ3v) is 4.30. The second-order valence-electron chi connectivity index (χ2n) is 4.49. The van der Waals surface area contributed by atoms with E-state index < -0.39 is 0 Å². The molecule has 3 heterocycles. The summed E-state index contributed by atoms with van der Waals surface area (Å²) >= 11 is 7.71. The Morgan fingerprint density at radius 1 is 1.50 bits per heavy atom. The van der Waals surface area contributed by atoms with Gasteiger partial charge in [-0.15, -0.1) is 11.3 Å². The minimum Gasteiger partial charge on any atom is -0.377 e. The van der Waals surface area contributed by atoms with E-state index in [-0.39, 0.29) is 0 Å². The molecule has 1 fully saturated rings. The van der Waals surface area contributed by atoms with Gasteiger partial charge in [0.25, 0.3) is 0 Å². The molecular weight excluding hydrogens is 270 g/mol. The summed E-state index contributed by atoms with van der Waals surface area (Å²) in [6.07, 6.45) is 0. The maximum absolute atomic E-state index is 6.02. The fourth-order valence-corrected chi connectivity index (χ4v) is 3.26. The number of fused-ring (bicyclic) bond motifs is 1. The number of aryl methyl sites for hydroxylation is 1. The summed E-state index contributed by atoms with van der Waals surface area (Å²) in [4.78, 5) is 12.2. The monoisotopic (exact) mass is 283 g/mol. The molecule has 1 atom stereocenters. The molecule has 0 N–H and O–H groups in total. The Morgan fingerprint density at radius 3 is 3.11 bits per heavy atom. The van der Waals surface area contributed by atoms with E-state index in [0.29, 0.717) is 11.3 Å². The van der Waals surface area contributed by atoms with Crippen molar-refractivity contribution in [2.24, 2.45) is 0 Å². The summed E-state index contributed by atoms with van der Waals surface area (Å²) in [5, 5.41) is 3.47. The number of rotatable bonds is 1. The highest BCUT2D eigenvalue weighted by Gasteiger charge is 2.24. The van der Waals surface area contributed by atoms with Crippen molar-refractivity contribution in [3.05, 3.63) is 15.5 Å². The molecule has 2 aromatic rings. The first-order valence-corrected chi connectivity index (χ1v) is 7.18. The zero-order chi connectivity index (χ0) is 12.7. The number of thiophene rings is 1. The first-order chi connectivity index (χ1) is 8.66. The van der Waals surface area contributed by atoms with Gasteiger partial charge in [-0.3, -0.25) is 0 Å². The van der Waals surface area contributed by atoms with Crippen molar-refractivity contribution in [2.75, 3.05) is 24.7 Å². The Labute approximate surface area is 115 Å². The Kier molecular flexibility index (Phi) is 3.13. The highest BCUT2D eigenvalue weighted by atomic mass is 35.5. The third kappa shape index (κ3) is 1.96. The van der Waals surface area contributed by atoms with Gasteiger partial charge in [-0.05, 0) is 25.4 Å². The van der Waals surface area contributed by atoms with Crippen molar-refractivity contribution in [1.82, 2.24) is 9.97 Å². The smallest absolute Gasteiger partial charge is 0.224 e. The van der Waals surface area contributed by atoms with E-state index in [0.717, 1.165) is 36.5 Å². The minimum atomic E-state index is 0.312. The summed E-state index contributed by atoms with van der Waals surface area (Å²) < 4.78 is 5.47. The molecule has 6 heteroatoms. The molecule has 0 bridgehead atoms. The van der Waals surface area contributed by atoms with Crippen molar-refractivity contribution in [3.8, 4) is 0 Å². The number of morpholine rings is 1. The van der Waals surface area contributed by atoms with Gasteiger partial charge in [0, 0.05) is 16.8 Å². The van der Waals surface area contributed by atoms with Crippen LogP contribution in [-0.2, 0) is 4.74 Å². The Bertz CT molecular complexity index is 586. The predicted octanol–water partition coefficient (Wildman–Crippen LogP) is 2.88. The van der Waals surface area contributed by atoms with E-state index in [1.165, 1.54) is 4.88 Å². The molecule has 18 heavy (non-hydrogen) atoms. The lowest BCUT2D eigenvalue weighted by atomic mass is 10.2. The van der Waals surface area contributed by atoms with Gasteiger partial charge in [-0.1, -0.05) is 0 Å². The van der Waals surface area contributed by atoms with E-state index >= 15 is 0 Å². The topological polar surface area (TPSA) is 38.2 Å². The lowest BCUT2D eigenvalue weighted by Gasteiger charge is -2.34. The van der Waals surface area contributed by atoms with E-state index in [9.17, 15) is 0 Å². The molecule has 0 spiro atoms. The molecule has 4 nitrogen and oxygen atoms in total. The molecular formula is C12H14ClN3OS. The quantitative estimate of drug-likeness (QED) is 0.755. The molecule has 0 radical (unpaired) electrons. The summed E-state index contributed by atoms with van der Waals surface area (Å²) in [5.41, 5.74) is 0.936. The molecule has 1 aliphatic heterocycles. The molecule has 1 aliphatic rings. The maximum Gasteiger partial charge on any atom is 0.224 e. The van der Waals surface area contributed by atoms with Gasteiger partial charge >= 0.3 is 0 Å². The standard InChI is InChI=1S/C12H14ClN3OS/c1-7-5-17-4-3-16(7)11-10-8(2)18-6-9(10)14-12(13)15-11/h6-7H,3-5H2,1-2H3. The number of anilines is 1. The predicted molar refractivity (Wildman–Crippen MR) is 74.8 cm³/mol. The highest BCUT2D eigenvalue weighted by Crippen LogP contribution is 2.33. The number of aromatic nitrogens is 2. The average molecular weight is 284 g/mol. The molecule has 1 saturated heterocycles. The largest absolute Gasteiger partial charge is 0.377 e. The maximum atomic E-state index is 6.02. The Morgan fingerprint density at radius 2 is 2.33 bits per heavy atom. The molecule has 2 aromatic heterocycles. The number of hydrogen-bond donors (Lipinski definition) is 0.